The highest BCUT2D eigenvalue weighted by Gasteiger charge is 2.09. The van der Waals surface area contributed by atoms with E-state index in [9.17, 15) is 10.1 Å². The molecule has 0 bridgehead atoms. The van der Waals surface area contributed by atoms with Crippen molar-refractivity contribution in [1.29, 1.82) is 0 Å². The number of aromatic nitrogens is 2. The molecule has 6 nitrogen and oxygen atoms in total. The molecule has 0 saturated heterocycles. The fraction of sp³-hybridized carbons (Fsp3) is 0. The van der Waals surface area contributed by atoms with Crippen LogP contribution in [-0.4, -0.2) is 21.1 Å². The van der Waals surface area contributed by atoms with Gasteiger partial charge in [0.05, 0.1) is 21.6 Å². The Balaban J connectivity index is 1.68. The van der Waals surface area contributed by atoms with Crippen molar-refractivity contribution < 1.29 is 4.92 Å². The number of hydrogen-bond donors (Lipinski definition) is 1. The van der Waals surface area contributed by atoms with Crippen LogP contribution in [0.1, 0.15) is 5.56 Å². The van der Waals surface area contributed by atoms with Crippen LogP contribution in [0, 0.1) is 10.1 Å². The van der Waals surface area contributed by atoms with Crippen molar-refractivity contribution in [2.45, 2.75) is 0 Å². The van der Waals surface area contributed by atoms with Crippen molar-refractivity contribution in [3.63, 3.8) is 0 Å². The number of nitrogens with one attached hydrogen (secondary N) is 1. The quantitative estimate of drug-likeness (QED) is 0.325. The fourth-order valence-corrected chi connectivity index (χ4v) is 2.69. The number of fused-ring (bicyclic) bond motifs is 1. The molecule has 0 aliphatic heterocycles. The van der Waals surface area contributed by atoms with Crippen LogP contribution in [0.15, 0.2) is 77.8 Å². The molecule has 1 heterocycles. The van der Waals surface area contributed by atoms with Gasteiger partial charge >= 0.3 is 0 Å². The molecule has 0 spiro atoms. The molecule has 0 amide bonds. The van der Waals surface area contributed by atoms with Crippen LogP contribution in [0.25, 0.3) is 22.4 Å². The Bertz CT molecular complexity index is 1080. The van der Waals surface area contributed by atoms with E-state index in [1.165, 1.54) is 12.1 Å². The highest BCUT2D eigenvalue weighted by atomic mass is 16.6. The second-order valence-corrected chi connectivity index (χ2v) is 5.73. The number of nitrogens with zero attached hydrogens (tertiary/aromatic N) is 3. The second kappa shape index (κ2) is 6.60. The SMILES string of the molecule is O=[N+]([O-])c1ccc(C=Nc2ccccc2-c2nc3ccccc3[nH]2)cc1. The van der Waals surface area contributed by atoms with Gasteiger partial charge in [-0.25, -0.2) is 4.98 Å². The van der Waals surface area contributed by atoms with Crippen LogP contribution in [-0.2, 0) is 0 Å². The molecule has 0 fully saturated rings. The van der Waals surface area contributed by atoms with Gasteiger partial charge in [-0.2, -0.15) is 0 Å². The number of H-pyrrole nitrogens is 1. The van der Waals surface area contributed by atoms with E-state index in [4.69, 9.17) is 0 Å². The van der Waals surface area contributed by atoms with E-state index in [-0.39, 0.29) is 5.69 Å². The van der Waals surface area contributed by atoms with Gasteiger partial charge in [-0.05, 0) is 42.0 Å². The van der Waals surface area contributed by atoms with Crippen molar-refractivity contribution >= 4 is 28.6 Å². The fourth-order valence-electron chi connectivity index (χ4n) is 2.69. The lowest BCUT2D eigenvalue weighted by Gasteiger charge is -2.02. The van der Waals surface area contributed by atoms with E-state index in [0.29, 0.717) is 0 Å². The van der Waals surface area contributed by atoms with E-state index in [1.54, 1.807) is 18.3 Å². The monoisotopic (exact) mass is 342 g/mol. The normalized spacial score (nSPS) is 11.2. The van der Waals surface area contributed by atoms with Crippen LogP contribution in [0.5, 0.6) is 0 Å². The first kappa shape index (κ1) is 15.7. The van der Waals surface area contributed by atoms with Crippen molar-refractivity contribution in [3.05, 3.63) is 88.5 Å². The molecule has 26 heavy (non-hydrogen) atoms. The molecule has 0 aliphatic rings. The van der Waals surface area contributed by atoms with Gasteiger partial charge in [-0.3, -0.25) is 15.1 Å². The Kier molecular flexibility index (Phi) is 3.99. The van der Waals surface area contributed by atoms with Gasteiger partial charge in [0.1, 0.15) is 5.82 Å². The summed E-state index contributed by atoms with van der Waals surface area (Å²) in [7, 11) is 0. The smallest absolute Gasteiger partial charge is 0.269 e. The third kappa shape index (κ3) is 3.08. The van der Waals surface area contributed by atoms with E-state index in [0.717, 1.165) is 33.7 Å². The molecule has 126 valence electrons. The van der Waals surface area contributed by atoms with E-state index < -0.39 is 4.92 Å². The molecule has 0 radical (unpaired) electrons. The molecular formula is C20H14N4O2. The van der Waals surface area contributed by atoms with Crippen molar-refractivity contribution in [2.75, 3.05) is 0 Å². The van der Waals surface area contributed by atoms with Crippen molar-refractivity contribution in [2.24, 2.45) is 4.99 Å². The first-order valence-electron chi connectivity index (χ1n) is 8.03. The highest BCUT2D eigenvalue weighted by molar-refractivity contribution is 5.87. The standard InChI is InChI=1S/C20H14N4O2/c25-24(26)15-11-9-14(10-12-15)13-21-17-6-2-1-5-16(17)20-22-18-7-3-4-8-19(18)23-20/h1-13H,(H,22,23). The first-order chi connectivity index (χ1) is 12.7. The summed E-state index contributed by atoms with van der Waals surface area (Å²) in [5, 5.41) is 10.7. The molecule has 0 aliphatic carbocycles. The molecule has 0 saturated carbocycles. The number of aliphatic imine (C=N–C) groups is 1. The lowest BCUT2D eigenvalue weighted by atomic mass is 10.1. The number of para-hydroxylation sites is 3. The zero-order chi connectivity index (χ0) is 17.9. The van der Waals surface area contributed by atoms with Gasteiger partial charge in [0.2, 0.25) is 0 Å². The van der Waals surface area contributed by atoms with Crippen LogP contribution in [0.2, 0.25) is 0 Å². The summed E-state index contributed by atoms with van der Waals surface area (Å²) in [4.78, 5) is 22.8. The van der Waals surface area contributed by atoms with Crippen LogP contribution in [0.3, 0.4) is 0 Å². The number of hydrogen-bond acceptors (Lipinski definition) is 4. The Hall–Kier alpha value is -3.80. The second-order valence-electron chi connectivity index (χ2n) is 5.73. The molecule has 0 unspecified atom stereocenters. The highest BCUT2D eigenvalue weighted by Crippen LogP contribution is 2.29. The molecule has 0 atom stereocenters. The third-order valence-corrected chi connectivity index (χ3v) is 4.01. The predicted molar refractivity (Wildman–Crippen MR) is 102 cm³/mol. The predicted octanol–water partition coefficient (Wildman–Crippen LogP) is 4.89. The largest absolute Gasteiger partial charge is 0.338 e. The summed E-state index contributed by atoms with van der Waals surface area (Å²) in [6, 6.07) is 21.8. The van der Waals surface area contributed by atoms with Crippen LogP contribution >= 0.6 is 0 Å². The summed E-state index contributed by atoms with van der Waals surface area (Å²) < 4.78 is 0. The number of benzene rings is 3. The zero-order valence-corrected chi connectivity index (χ0v) is 13.7. The molecule has 6 heteroatoms. The number of imidazole rings is 1. The molecule has 4 rings (SSSR count). The Labute approximate surface area is 149 Å². The minimum atomic E-state index is -0.419. The first-order valence-corrected chi connectivity index (χ1v) is 8.03. The lowest BCUT2D eigenvalue weighted by Crippen LogP contribution is -1.88. The number of aromatic amines is 1. The number of non-ortho nitro benzene ring substituents is 1. The average Bonchev–Trinajstić information content (AvgIpc) is 3.11. The van der Waals surface area contributed by atoms with Gasteiger partial charge in [-0.15, -0.1) is 0 Å². The molecule has 1 aromatic heterocycles. The van der Waals surface area contributed by atoms with Crippen molar-refractivity contribution in [1.82, 2.24) is 9.97 Å². The minimum absolute atomic E-state index is 0.0600. The summed E-state index contributed by atoms with van der Waals surface area (Å²) in [6.07, 6.45) is 1.69. The molecule has 4 aromatic rings. The van der Waals surface area contributed by atoms with Crippen LogP contribution in [0.4, 0.5) is 11.4 Å². The maximum atomic E-state index is 10.7. The summed E-state index contributed by atoms with van der Waals surface area (Å²) >= 11 is 0. The van der Waals surface area contributed by atoms with E-state index >= 15 is 0 Å². The van der Waals surface area contributed by atoms with Gasteiger partial charge < -0.3 is 4.98 Å². The summed E-state index contributed by atoms with van der Waals surface area (Å²) in [5.41, 5.74) is 4.37. The van der Waals surface area contributed by atoms with E-state index in [2.05, 4.69) is 15.0 Å². The number of nitro benzene ring substituents is 1. The zero-order valence-electron chi connectivity index (χ0n) is 13.7. The maximum Gasteiger partial charge on any atom is 0.269 e. The van der Waals surface area contributed by atoms with Gasteiger partial charge in [0.15, 0.2) is 0 Å². The third-order valence-electron chi connectivity index (χ3n) is 4.01. The minimum Gasteiger partial charge on any atom is -0.338 e. The van der Waals surface area contributed by atoms with Gasteiger partial charge in [0, 0.05) is 23.9 Å². The Morgan fingerprint density at radius 3 is 2.46 bits per heavy atom. The van der Waals surface area contributed by atoms with Crippen molar-refractivity contribution in [3.8, 4) is 11.4 Å². The number of nitro groups is 1. The Morgan fingerprint density at radius 1 is 0.962 bits per heavy atom. The van der Waals surface area contributed by atoms with Gasteiger partial charge in [0.25, 0.3) is 5.69 Å². The summed E-state index contributed by atoms with van der Waals surface area (Å²) in [5.74, 6) is 0.752. The number of rotatable bonds is 4. The van der Waals surface area contributed by atoms with Gasteiger partial charge in [-0.1, -0.05) is 24.3 Å². The lowest BCUT2D eigenvalue weighted by molar-refractivity contribution is -0.384. The van der Waals surface area contributed by atoms with E-state index in [1.807, 2.05) is 48.5 Å². The van der Waals surface area contributed by atoms with Crippen LogP contribution < -0.4 is 0 Å². The topological polar surface area (TPSA) is 84.2 Å². The average molecular weight is 342 g/mol. The molecular weight excluding hydrogens is 328 g/mol. The Morgan fingerprint density at radius 2 is 1.69 bits per heavy atom. The summed E-state index contributed by atoms with van der Waals surface area (Å²) in [6.45, 7) is 0. The molecule has 3 aromatic carbocycles. The maximum absolute atomic E-state index is 10.7. The molecule has 1 N–H and O–H groups in total.